The summed E-state index contributed by atoms with van der Waals surface area (Å²) >= 11 is 0. The third-order valence-corrected chi connectivity index (χ3v) is 7.94. The molecule has 2 heterocycles. The second-order valence-electron chi connectivity index (χ2n) is 11.1. The Morgan fingerprint density at radius 2 is 1.49 bits per heavy atom. The van der Waals surface area contributed by atoms with Gasteiger partial charge in [-0.05, 0) is 29.8 Å². The zero-order valence-corrected chi connectivity index (χ0v) is 26.4. The van der Waals surface area contributed by atoms with Gasteiger partial charge >= 0.3 is 0 Å². The molecule has 16 nitrogen and oxygen atoms in total. The van der Waals surface area contributed by atoms with Gasteiger partial charge in [-0.3, -0.25) is 4.79 Å². The number of phenols is 2. The van der Waals surface area contributed by atoms with E-state index in [1.807, 2.05) is 0 Å². The number of rotatable bonds is 12. The number of aliphatic hydroxyl groups is 6. The molecule has 0 radical (unpaired) electrons. The molecule has 1 aliphatic rings. The average molecular weight is 689 g/mol. The van der Waals surface area contributed by atoms with Crippen LogP contribution in [0.15, 0.2) is 57.7 Å². The van der Waals surface area contributed by atoms with E-state index in [-0.39, 0.29) is 62.4 Å². The van der Waals surface area contributed by atoms with E-state index in [0.29, 0.717) is 0 Å². The number of ether oxygens (including phenoxy) is 6. The second kappa shape index (κ2) is 14.8. The quantitative estimate of drug-likeness (QED) is 0.101. The van der Waals surface area contributed by atoms with Crippen LogP contribution in [-0.2, 0) is 4.74 Å². The lowest BCUT2D eigenvalue weighted by molar-refractivity contribution is -0.277. The lowest BCUT2D eigenvalue weighted by Crippen LogP contribution is -2.60. The Kier molecular flexibility index (Phi) is 10.7. The van der Waals surface area contributed by atoms with Crippen molar-refractivity contribution in [2.75, 3.05) is 34.5 Å². The highest BCUT2D eigenvalue weighted by Gasteiger charge is 2.44. The first-order valence-electron chi connectivity index (χ1n) is 14.8. The van der Waals surface area contributed by atoms with Gasteiger partial charge in [0, 0.05) is 23.8 Å². The van der Waals surface area contributed by atoms with E-state index in [4.69, 9.17) is 32.8 Å². The zero-order chi connectivity index (χ0) is 35.6. The van der Waals surface area contributed by atoms with E-state index >= 15 is 0 Å². The number of hydrogen-bond acceptors (Lipinski definition) is 16. The minimum absolute atomic E-state index is 0.00164. The van der Waals surface area contributed by atoms with Gasteiger partial charge in [0.1, 0.15) is 71.5 Å². The summed E-state index contributed by atoms with van der Waals surface area (Å²) in [5.41, 5.74) is -0.228. The second-order valence-corrected chi connectivity index (χ2v) is 11.1. The van der Waals surface area contributed by atoms with Crippen molar-refractivity contribution >= 4 is 11.0 Å². The van der Waals surface area contributed by atoms with Gasteiger partial charge in [-0.15, -0.1) is 0 Å². The Balaban J connectivity index is 1.42. The molecular formula is C33H36O16. The van der Waals surface area contributed by atoms with E-state index in [1.54, 1.807) is 0 Å². The number of aromatic hydroxyl groups is 2. The molecule has 1 aliphatic heterocycles. The summed E-state index contributed by atoms with van der Waals surface area (Å²) < 4.78 is 38.8. The fraction of sp³-hybridized carbons (Fsp3) is 0.364. The first kappa shape index (κ1) is 35.5. The summed E-state index contributed by atoms with van der Waals surface area (Å²) in [6.07, 6.45) is -10.7. The lowest BCUT2D eigenvalue weighted by atomic mass is 9.99. The van der Waals surface area contributed by atoms with E-state index in [1.165, 1.54) is 57.7 Å². The van der Waals surface area contributed by atoms with Gasteiger partial charge in [0.15, 0.2) is 28.4 Å². The minimum atomic E-state index is -1.73. The predicted octanol–water partition coefficient (Wildman–Crippen LogP) is 0.549. The van der Waals surface area contributed by atoms with Gasteiger partial charge in [0.05, 0.1) is 27.9 Å². The van der Waals surface area contributed by atoms with Crippen molar-refractivity contribution in [3.05, 3.63) is 64.3 Å². The van der Waals surface area contributed by atoms with Crippen LogP contribution in [-0.4, -0.2) is 112 Å². The van der Waals surface area contributed by atoms with E-state index < -0.39 is 67.3 Å². The van der Waals surface area contributed by atoms with Crippen LogP contribution in [0, 0.1) is 0 Å². The van der Waals surface area contributed by atoms with Gasteiger partial charge in [-0.1, -0.05) is 6.07 Å². The third-order valence-electron chi connectivity index (χ3n) is 7.94. The van der Waals surface area contributed by atoms with Crippen molar-refractivity contribution in [1.82, 2.24) is 0 Å². The van der Waals surface area contributed by atoms with Crippen molar-refractivity contribution in [3.8, 4) is 51.6 Å². The highest BCUT2D eigenvalue weighted by Crippen LogP contribution is 2.43. The van der Waals surface area contributed by atoms with Crippen LogP contribution in [0.3, 0.4) is 0 Å². The number of benzene rings is 3. The summed E-state index contributed by atoms with van der Waals surface area (Å²) in [6, 6.07) is 10.5. The lowest BCUT2D eigenvalue weighted by Gasteiger charge is -2.39. The molecule has 0 aliphatic carbocycles. The molecule has 264 valence electrons. The molecule has 7 atom stereocenters. The Bertz CT molecular complexity index is 1810. The fourth-order valence-electron chi connectivity index (χ4n) is 5.28. The molecule has 1 saturated heterocycles. The van der Waals surface area contributed by atoms with Crippen LogP contribution < -0.4 is 29.1 Å². The zero-order valence-electron chi connectivity index (χ0n) is 26.4. The van der Waals surface area contributed by atoms with Gasteiger partial charge in [-0.2, -0.15) is 0 Å². The van der Waals surface area contributed by atoms with Crippen molar-refractivity contribution < 1.29 is 73.7 Å². The van der Waals surface area contributed by atoms with Crippen LogP contribution in [0.25, 0.3) is 22.3 Å². The third kappa shape index (κ3) is 7.16. The molecule has 3 aromatic carbocycles. The molecule has 1 aromatic heterocycles. The summed E-state index contributed by atoms with van der Waals surface area (Å²) in [4.78, 5) is 13.1. The normalized spacial score (nSPS) is 21.9. The van der Waals surface area contributed by atoms with E-state index in [9.17, 15) is 45.6 Å². The molecule has 0 amide bonds. The smallest absolute Gasteiger partial charge is 0.229 e. The van der Waals surface area contributed by atoms with Gasteiger partial charge in [0.2, 0.25) is 12.0 Å². The highest BCUT2D eigenvalue weighted by molar-refractivity contribution is 5.86. The van der Waals surface area contributed by atoms with Crippen LogP contribution in [0.1, 0.15) is 11.7 Å². The molecular weight excluding hydrogens is 652 g/mol. The molecule has 0 saturated carbocycles. The summed E-state index contributed by atoms with van der Waals surface area (Å²) in [5, 5.41) is 81.6. The molecule has 0 unspecified atom stereocenters. The van der Waals surface area contributed by atoms with Gasteiger partial charge in [-0.25, -0.2) is 0 Å². The van der Waals surface area contributed by atoms with Crippen LogP contribution in [0.2, 0.25) is 0 Å². The Morgan fingerprint density at radius 1 is 0.816 bits per heavy atom. The predicted molar refractivity (Wildman–Crippen MR) is 168 cm³/mol. The van der Waals surface area contributed by atoms with Crippen molar-refractivity contribution in [1.29, 1.82) is 0 Å². The molecule has 1 fully saturated rings. The van der Waals surface area contributed by atoms with Crippen LogP contribution >= 0.6 is 0 Å². The minimum Gasteiger partial charge on any atom is -0.507 e. The Labute approximate surface area is 278 Å². The number of methoxy groups -OCH3 is 3. The molecule has 8 N–H and O–H groups in total. The summed E-state index contributed by atoms with van der Waals surface area (Å²) in [6.45, 7) is -1.10. The molecule has 0 spiro atoms. The SMILES string of the molecule is COc1cc([C@@H](O)[C@H](O)COc2c(OC)cc(-c3cc(=O)c4c(O)cc(O[C@@H]5O[C@H](CO)[C@@H](O)[C@H](O)[C@H]5O)cc4o3)cc2OC)ccc1O. The first-order valence-corrected chi connectivity index (χ1v) is 14.8. The molecule has 16 heteroatoms. The summed E-state index contributed by atoms with van der Waals surface area (Å²) in [7, 11) is 4.03. The largest absolute Gasteiger partial charge is 0.507 e. The molecule has 5 rings (SSSR count). The first-order chi connectivity index (χ1) is 23.4. The van der Waals surface area contributed by atoms with Gasteiger partial charge in [0.25, 0.3) is 0 Å². The standard InChI is InChI=1S/C33H36O16/c1-43-22-6-14(4-5-17(22)35)28(39)20(38)13-46-32-24(44-2)7-15(8-25(32)45-3)21-11-19(37)27-18(36)9-16(10-23(27)48-21)47-33-31(42)30(41)29(40)26(12-34)49-33/h4-11,20,26,28-31,33-36,38-42H,12-13H2,1-3H3/t20-,26-,28-,29-,30+,31-,33-/m1/s1. The maximum absolute atomic E-state index is 13.1. The van der Waals surface area contributed by atoms with Crippen LogP contribution in [0.4, 0.5) is 0 Å². The van der Waals surface area contributed by atoms with E-state index in [0.717, 1.165) is 12.1 Å². The maximum Gasteiger partial charge on any atom is 0.229 e. The van der Waals surface area contributed by atoms with Crippen molar-refractivity contribution in [2.24, 2.45) is 0 Å². The summed E-state index contributed by atoms with van der Waals surface area (Å²) in [5.74, 6) is -0.430. The number of phenolic OH excluding ortho intramolecular Hbond substituents is 2. The van der Waals surface area contributed by atoms with Gasteiger partial charge < -0.3 is 73.7 Å². The molecule has 49 heavy (non-hydrogen) atoms. The van der Waals surface area contributed by atoms with Crippen molar-refractivity contribution in [3.63, 3.8) is 0 Å². The molecule has 4 aromatic rings. The average Bonchev–Trinajstić information content (AvgIpc) is 3.09. The van der Waals surface area contributed by atoms with Crippen molar-refractivity contribution in [2.45, 2.75) is 42.9 Å². The fourth-order valence-corrected chi connectivity index (χ4v) is 5.28. The Morgan fingerprint density at radius 3 is 2.12 bits per heavy atom. The monoisotopic (exact) mass is 688 g/mol. The van der Waals surface area contributed by atoms with E-state index in [2.05, 4.69) is 0 Å². The molecule has 0 bridgehead atoms. The highest BCUT2D eigenvalue weighted by atomic mass is 16.7. The topological polar surface area (TPSA) is 247 Å². The van der Waals surface area contributed by atoms with Crippen LogP contribution in [0.5, 0.6) is 40.2 Å². The Hall–Kier alpha value is -4.81. The number of hydrogen-bond donors (Lipinski definition) is 8. The number of fused-ring (bicyclic) bond motifs is 1. The number of aliphatic hydroxyl groups excluding tert-OH is 6. The maximum atomic E-state index is 13.1.